The van der Waals surface area contributed by atoms with Crippen LogP contribution < -0.4 is 5.32 Å². The number of rotatable bonds is 1. The van der Waals surface area contributed by atoms with Gasteiger partial charge in [0, 0.05) is 13.1 Å². The second-order valence-electron chi connectivity index (χ2n) is 4.82. The van der Waals surface area contributed by atoms with E-state index in [1.165, 1.54) is 11.3 Å². The first kappa shape index (κ1) is 11.7. The van der Waals surface area contributed by atoms with Gasteiger partial charge < -0.3 is 10.2 Å². The maximum absolute atomic E-state index is 12.3. The Morgan fingerprint density at radius 3 is 3.00 bits per heavy atom. The van der Waals surface area contributed by atoms with Crippen molar-refractivity contribution in [2.75, 3.05) is 26.2 Å². The molecule has 3 nitrogen and oxygen atoms in total. The number of halogens is 1. The summed E-state index contributed by atoms with van der Waals surface area (Å²) < 4.78 is 1.03. The van der Waals surface area contributed by atoms with Gasteiger partial charge in [-0.25, -0.2) is 0 Å². The highest BCUT2D eigenvalue weighted by Crippen LogP contribution is 2.29. The average molecular weight is 315 g/mol. The van der Waals surface area contributed by atoms with Gasteiger partial charge in [0.25, 0.3) is 5.91 Å². The fraction of sp³-hybridized carbons (Fsp3) is 0.583. The first-order valence-electron chi connectivity index (χ1n) is 5.99. The van der Waals surface area contributed by atoms with Crippen LogP contribution in [-0.4, -0.2) is 37.0 Å². The molecule has 5 heteroatoms. The van der Waals surface area contributed by atoms with E-state index in [-0.39, 0.29) is 5.91 Å². The second kappa shape index (κ2) is 4.71. The number of carbonyl (C=O) groups excluding carboxylic acids is 1. The van der Waals surface area contributed by atoms with Gasteiger partial charge in [-0.3, -0.25) is 4.79 Å². The summed E-state index contributed by atoms with van der Waals surface area (Å²) in [6, 6.07) is 3.86. The van der Waals surface area contributed by atoms with Crippen LogP contribution in [0.5, 0.6) is 0 Å². The topological polar surface area (TPSA) is 32.3 Å². The number of amides is 1. The van der Waals surface area contributed by atoms with Crippen LogP contribution in [0, 0.1) is 11.8 Å². The standard InChI is InChI=1S/C12H15BrN2OS/c13-11-2-1-10(17-11)12(16)15-4-3-8-5-14-6-9(8)7-15/h1-2,8-9,14H,3-7H2. The van der Waals surface area contributed by atoms with Crippen LogP contribution in [-0.2, 0) is 0 Å². The van der Waals surface area contributed by atoms with Gasteiger partial charge in [-0.15, -0.1) is 11.3 Å². The molecule has 3 heterocycles. The predicted molar refractivity (Wildman–Crippen MR) is 72.4 cm³/mol. The monoisotopic (exact) mass is 314 g/mol. The van der Waals surface area contributed by atoms with Crippen molar-refractivity contribution in [3.63, 3.8) is 0 Å². The van der Waals surface area contributed by atoms with Gasteiger partial charge in [0.1, 0.15) is 0 Å². The molecule has 1 aromatic heterocycles. The normalized spacial score (nSPS) is 28.2. The molecule has 2 fully saturated rings. The van der Waals surface area contributed by atoms with E-state index >= 15 is 0 Å². The molecule has 2 saturated heterocycles. The molecule has 92 valence electrons. The maximum atomic E-state index is 12.3. The third-order valence-electron chi connectivity index (χ3n) is 3.78. The number of thiophene rings is 1. The Morgan fingerprint density at radius 1 is 1.41 bits per heavy atom. The zero-order valence-corrected chi connectivity index (χ0v) is 11.9. The van der Waals surface area contributed by atoms with Crippen molar-refractivity contribution in [2.24, 2.45) is 11.8 Å². The van der Waals surface area contributed by atoms with E-state index in [0.717, 1.165) is 47.2 Å². The summed E-state index contributed by atoms with van der Waals surface area (Å²) in [5, 5.41) is 3.42. The lowest BCUT2D eigenvalue weighted by molar-refractivity contribution is 0.0647. The van der Waals surface area contributed by atoms with Crippen LogP contribution >= 0.6 is 27.3 Å². The van der Waals surface area contributed by atoms with E-state index < -0.39 is 0 Å². The molecule has 0 radical (unpaired) electrons. The summed E-state index contributed by atoms with van der Waals surface area (Å²) in [5.74, 6) is 1.65. The lowest BCUT2D eigenvalue weighted by Crippen LogP contribution is -2.43. The molecular formula is C12H15BrN2OS. The SMILES string of the molecule is O=C(c1ccc(Br)s1)N1CCC2CNCC2C1. The Kier molecular flexibility index (Phi) is 3.23. The van der Waals surface area contributed by atoms with Crippen molar-refractivity contribution in [2.45, 2.75) is 6.42 Å². The number of fused-ring (bicyclic) bond motifs is 1. The molecule has 0 saturated carbocycles. The molecule has 0 spiro atoms. The molecule has 1 N–H and O–H groups in total. The van der Waals surface area contributed by atoms with Gasteiger partial charge in [0.05, 0.1) is 8.66 Å². The van der Waals surface area contributed by atoms with Crippen molar-refractivity contribution in [3.8, 4) is 0 Å². The minimum atomic E-state index is 0.200. The summed E-state index contributed by atoms with van der Waals surface area (Å²) in [5.41, 5.74) is 0. The summed E-state index contributed by atoms with van der Waals surface area (Å²) in [7, 11) is 0. The lowest BCUT2D eigenvalue weighted by Gasteiger charge is -2.34. The molecule has 0 bridgehead atoms. The summed E-state index contributed by atoms with van der Waals surface area (Å²) in [6.45, 7) is 4.04. The second-order valence-corrected chi connectivity index (χ2v) is 7.29. The van der Waals surface area contributed by atoms with Crippen LogP contribution in [0.1, 0.15) is 16.1 Å². The van der Waals surface area contributed by atoms with E-state index in [4.69, 9.17) is 0 Å². The zero-order chi connectivity index (χ0) is 11.8. The Morgan fingerprint density at radius 2 is 2.24 bits per heavy atom. The largest absolute Gasteiger partial charge is 0.338 e. The molecule has 3 rings (SSSR count). The fourth-order valence-corrected chi connectivity index (χ4v) is 4.16. The number of hydrogen-bond acceptors (Lipinski definition) is 3. The summed E-state index contributed by atoms with van der Waals surface area (Å²) >= 11 is 4.93. The first-order valence-corrected chi connectivity index (χ1v) is 7.60. The molecule has 2 unspecified atom stereocenters. The Hall–Kier alpha value is -0.390. The van der Waals surface area contributed by atoms with Crippen LogP contribution in [0.25, 0.3) is 0 Å². The third-order valence-corrected chi connectivity index (χ3v) is 5.39. The smallest absolute Gasteiger partial charge is 0.263 e. The fourth-order valence-electron chi connectivity index (χ4n) is 2.80. The van der Waals surface area contributed by atoms with Crippen molar-refractivity contribution < 1.29 is 4.79 Å². The molecule has 2 atom stereocenters. The van der Waals surface area contributed by atoms with Gasteiger partial charge >= 0.3 is 0 Å². The molecular weight excluding hydrogens is 300 g/mol. The van der Waals surface area contributed by atoms with Gasteiger partial charge in [0.2, 0.25) is 0 Å². The van der Waals surface area contributed by atoms with Gasteiger partial charge in [-0.1, -0.05) is 0 Å². The molecule has 2 aliphatic heterocycles. The molecule has 1 aromatic rings. The van der Waals surface area contributed by atoms with Gasteiger partial charge in [0.15, 0.2) is 0 Å². The van der Waals surface area contributed by atoms with E-state index in [1.54, 1.807) is 0 Å². The Labute approximate surface area is 113 Å². The maximum Gasteiger partial charge on any atom is 0.263 e. The average Bonchev–Trinajstić information content (AvgIpc) is 2.95. The van der Waals surface area contributed by atoms with Crippen LogP contribution in [0.15, 0.2) is 15.9 Å². The Bertz CT molecular complexity index is 434. The minimum Gasteiger partial charge on any atom is -0.338 e. The lowest BCUT2D eigenvalue weighted by atomic mass is 9.88. The summed E-state index contributed by atoms with van der Waals surface area (Å²) in [4.78, 5) is 15.2. The molecule has 17 heavy (non-hydrogen) atoms. The van der Waals surface area contributed by atoms with Crippen molar-refractivity contribution >= 4 is 33.2 Å². The number of piperidine rings is 1. The Balaban J connectivity index is 1.70. The zero-order valence-electron chi connectivity index (χ0n) is 9.49. The summed E-state index contributed by atoms with van der Waals surface area (Å²) in [6.07, 6.45) is 1.15. The van der Waals surface area contributed by atoms with E-state index in [1.807, 2.05) is 17.0 Å². The highest BCUT2D eigenvalue weighted by molar-refractivity contribution is 9.11. The van der Waals surface area contributed by atoms with Crippen molar-refractivity contribution in [1.29, 1.82) is 0 Å². The highest BCUT2D eigenvalue weighted by Gasteiger charge is 2.34. The minimum absolute atomic E-state index is 0.200. The number of nitrogens with one attached hydrogen (secondary N) is 1. The highest BCUT2D eigenvalue weighted by atomic mass is 79.9. The molecule has 0 aliphatic carbocycles. The van der Waals surface area contributed by atoms with E-state index in [9.17, 15) is 4.79 Å². The quantitative estimate of drug-likeness (QED) is 0.862. The van der Waals surface area contributed by atoms with Crippen LogP contribution in [0.4, 0.5) is 0 Å². The van der Waals surface area contributed by atoms with E-state index in [0.29, 0.717) is 5.92 Å². The van der Waals surface area contributed by atoms with E-state index in [2.05, 4.69) is 21.2 Å². The van der Waals surface area contributed by atoms with Crippen LogP contribution in [0.3, 0.4) is 0 Å². The number of carbonyl (C=O) groups is 1. The number of nitrogens with zero attached hydrogens (tertiary/aromatic N) is 1. The molecule has 2 aliphatic rings. The number of likely N-dealkylation sites (tertiary alicyclic amines) is 1. The van der Waals surface area contributed by atoms with Crippen LogP contribution in [0.2, 0.25) is 0 Å². The third kappa shape index (κ3) is 2.28. The number of hydrogen-bond donors (Lipinski definition) is 1. The first-order chi connectivity index (χ1) is 8.24. The van der Waals surface area contributed by atoms with Gasteiger partial charge in [-0.2, -0.15) is 0 Å². The van der Waals surface area contributed by atoms with Crippen molar-refractivity contribution in [1.82, 2.24) is 10.2 Å². The van der Waals surface area contributed by atoms with Gasteiger partial charge in [-0.05, 0) is 59.4 Å². The molecule has 0 aromatic carbocycles. The molecule has 1 amide bonds. The van der Waals surface area contributed by atoms with Crippen molar-refractivity contribution in [3.05, 3.63) is 20.8 Å². The predicted octanol–water partition coefficient (Wildman–Crippen LogP) is 2.19.